The minimum atomic E-state index is -0.727. The monoisotopic (exact) mass is 576 g/mol. The maximum absolute atomic E-state index is 14.4. The summed E-state index contributed by atoms with van der Waals surface area (Å²) in [5.74, 6) is -0.209. The summed E-state index contributed by atoms with van der Waals surface area (Å²) in [7, 11) is 2.00. The highest BCUT2D eigenvalue weighted by molar-refractivity contribution is 7.09. The number of nitrogens with one attached hydrogen (secondary N) is 1. The van der Waals surface area contributed by atoms with Crippen LogP contribution >= 0.6 is 11.3 Å². The number of esters is 1. The Kier molecular flexibility index (Phi) is 11.3. The molecule has 1 N–H and O–H groups in total. The van der Waals surface area contributed by atoms with Gasteiger partial charge in [0.05, 0.1) is 5.01 Å². The zero-order chi connectivity index (χ0) is 29.6. The van der Waals surface area contributed by atoms with Crippen LogP contribution in [0.15, 0.2) is 5.38 Å². The van der Waals surface area contributed by atoms with Crippen molar-refractivity contribution >= 4 is 35.4 Å². The smallest absolute Gasteiger partial charge is 0.307 e. The molecule has 2 amide bonds. The van der Waals surface area contributed by atoms with E-state index < -0.39 is 11.6 Å². The summed E-state index contributed by atoms with van der Waals surface area (Å²) in [6, 6.07) is -0.981. The molecule has 0 aromatic carbocycles. The molecule has 1 aromatic heterocycles. The average Bonchev–Trinajstić information content (AvgIpc) is 3.50. The molecule has 2 fully saturated rings. The minimum absolute atomic E-state index is 0.0578. The standard InChI is InChI=1S/C30H48N4O5S/c1-8-21(6)27(32-29(38)30-15-22(30)10-9-13-33(30)7)28(37)34(18-39-26(36)14-19(2)3)24(20(4)5)11-12-25-31-23(16-35)17-40-25/h16-17,19-22,24,27H,8-15,18H2,1-7H3,(H,32,38)/t21?,22?,24-,27+,30?/m1/s1. The van der Waals surface area contributed by atoms with E-state index in [-0.39, 0.29) is 54.7 Å². The van der Waals surface area contributed by atoms with Crippen LogP contribution in [0.3, 0.4) is 0 Å². The Morgan fingerprint density at radius 3 is 2.58 bits per heavy atom. The third-order valence-electron chi connectivity index (χ3n) is 8.70. The average molecular weight is 577 g/mol. The molecule has 1 aliphatic heterocycles. The number of amides is 2. The van der Waals surface area contributed by atoms with Crippen molar-refractivity contribution in [1.29, 1.82) is 0 Å². The lowest BCUT2D eigenvalue weighted by molar-refractivity contribution is -0.159. The Morgan fingerprint density at radius 2 is 2.00 bits per heavy atom. The van der Waals surface area contributed by atoms with E-state index in [1.165, 1.54) is 11.3 Å². The molecule has 5 atom stereocenters. The number of thiazole rings is 1. The molecule has 10 heteroatoms. The van der Waals surface area contributed by atoms with Gasteiger partial charge in [-0.05, 0) is 62.9 Å². The van der Waals surface area contributed by atoms with Gasteiger partial charge in [0.2, 0.25) is 11.8 Å². The Balaban J connectivity index is 1.85. The molecule has 0 radical (unpaired) electrons. The number of likely N-dealkylation sites (N-methyl/N-ethyl adjacent to an activating group) is 1. The van der Waals surface area contributed by atoms with Gasteiger partial charge in [0.25, 0.3) is 0 Å². The topological polar surface area (TPSA) is 109 Å². The molecule has 1 saturated heterocycles. The van der Waals surface area contributed by atoms with Crippen molar-refractivity contribution < 1.29 is 23.9 Å². The van der Waals surface area contributed by atoms with Gasteiger partial charge in [-0.3, -0.25) is 24.1 Å². The number of piperidine rings is 1. The zero-order valence-corrected chi connectivity index (χ0v) is 26.1. The van der Waals surface area contributed by atoms with E-state index in [1.54, 1.807) is 10.3 Å². The highest BCUT2D eigenvalue weighted by atomic mass is 32.1. The summed E-state index contributed by atoms with van der Waals surface area (Å²) >= 11 is 1.42. The van der Waals surface area contributed by atoms with E-state index in [9.17, 15) is 19.2 Å². The molecule has 3 rings (SSSR count). The molecular weight excluding hydrogens is 528 g/mol. The first-order chi connectivity index (χ1) is 18.9. The number of hydrogen-bond acceptors (Lipinski definition) is 8. The van der Waals surface area contributed by atoms with Gasteiger partial charge in [-0.25, -0.2) is 4.98 Å². The quantitative estimate of drug-likeness (QED) is 0.188. The van der Waals surface area contributed by atoms with Crippen LogP contribution in [0.2, 0.25) is 0 Å². The molecule has 1 aromatic rings. The lowest BCUT2D eigenvalue weighted by Crippen LogP contribution is -2.60. The SMILES string of the molecule is CCC(C)[C@H](NC(=O)C12CC1CCCN2C)C(=O)N(COC(=O)CC(C)C)[C@H](CCc1nc(C=O)cs1)C(C)C. The number of aromatic nitrogens is 1. The summed E-state index contributed by atoms with van der Waals surface area (Å²) in [6.07, 6.45) is 5.84. The number of rotatable bonds is 15. The number of carbonyl (C=O) groups excluding carboxylic acids is 4. The Labute approximate surface area is 243 Å². The second kappa shape index (κ2) is 14.0. The first-order valence-electron chi connectivity index (χ1n) is 14.8. The number of carbonyl (C=O) groups is 4. The van der Waals surface area contributed by atoms with E-state index in [4.69, 9.17) is 4.74 Å². The summed E-state index contributed by atoms with van der Waals surface area (Å²) in [5, 5.41) is 5.72. The summed E-state index contributed by atoms with van der Waals surface area (Å²) < 4.78 is 5.66. The highest BCUT2D eigenvalue weighted by Gasteiger charge is 2.64. The molecule has 2 heterocycles. The van der Waals surface area contributed by atoms with Gasteiger partial charge < -0.3 is 15.0 Å². The summed E-state index contributed by atoms with van der Waals surface area (Å²) in [5.41, 5.74) is -0.112. The van der Waals surface area contributed by atoms with E-state index in [2.05, 4.69) is 15.2 Å². The van der Waals surface area contributed by atoms with Gasteiger partial charge in [0.1, 0.15) is 17.3 Å². The fraction of sp³-hybridized carbons (Fsp3) is 0.767. The van der Waals surface area contributed by atoms with Crippen LogP contribution in [-0.4, -0.2) is 76.8 Å². The highest BCUT2D eigenvalue weighted by Crippen LogP contribution is 2.53. The number of aryl methyl sites for hydroxylation is 1. The van der Waals surface area contributed by atoms with Crippen LogP contribution in [0.25, 0.3) is 0 Å². The number of aldehydes is 1. The molecule has 2 aliphatic rings. The number of likely N-dealkylation sites (tertiary alicyclic amines) is 1. The van der Waals surface area contributed by atoms with Crippen LogP contribution in [0.1, 0.15) is 95.6 Å². The van der Waals surface area contributed by atoms with Gasteiger partial charge in [0.15, 0.2) is 13.0 Å². The van der Waals surface area contributed by atoms with Crippen molar-refractivity contribution in [2.24, 2.45) is 23.7 Å². The van der Waals surface area contributed by atoms with Crippen molar-refractivity contribution in [2.45, 2.75) is 104 Å². The van der Waals surface area contributed by atoms with Gasteiger partial charge in [-0.1, -0.05) is 48.0 Å². The molecule has 1 saturated carbocycles. The number of ether oxygens (including phenoxy) is 1. The molecule has 3 unspecified atom stereocenters. The third kappa shape index (κ3) is 7.49. The fourth-order valence-corrected chi connectivity index (χ4v) is 6.71. The third-order valence-corrected chi connectivity index (χ3v) is 9.62. The maximum atomic E-state index is 14.4. The predicted octanol–water partition coefficient (Wildman–Crippen LogP) is 4.30. The van der Waals surface area contributed by atoms with Crippen molar-refractivity contribution in [3.63, 3.8) is 0 Å². The summed E-state index contributed by atoms with van der Waals surface area (Å²) in [6.45, 7) is 12.7. The maximum Gasteiger partial charge on any atom is 0.307 e. The van der Waals surface area contributed by atoms with Crippen molar-refractivity contribution in [3.05, 3.63) is 16.1 Å². The van der Waals surface area contributed by atoms with E-state index in [1.807, 2.05) is 48.6 Å². The van der Waals surface area contributed by atoms with Crippen LogP contribution in [0, 0.1) is 23.7 Å². The van der Waals surface area contributed by atoms with Gasteiger partial charge in [-0.2, -0.15) is 0 Å². The minimum Gasteiger partial charge on any atom is -0.444 e. The first-order valence-corrected chi connectivity index (χ1v) is 15.7. The molecule has 40 heavy (non-hydrogen) atoms. The molecule has 0 spiro atoms. The van der Waals surface area contributed by atoms with Crippen LogP contribution in [0.4, 0.5) is 0 Å². The van der Waals surface area contributed by atoms with Crippen LogP contribution in [0.5, 0.6) is 0 Å². The second-order valence-corrected chi connectivity index (χ2v) is 13.4. The normalized spacial score (nSPS) is 22.8. The lowest BCUT2D eigenvalue weighted by atomic mass is 9.93. The summed E-state index contributed by atoms with van der Waals surface area (Å²) in [4.78, 5) is 59.9. The molecule has 1 aliphatic carbocycles. The Morgan fingerprint density at radius 1 is 1.27 bits per heavy atom. The molecular formula is C30H48N4O5S. The largest absolute Gasteiger partial charge is 0.444 e. The van der Waals surface area contributed by atoms with Crippen molar-refractivity contribution in [1.82, 2.24) is 20.1 Å². The van der Waals surface area contributed by atoms with Crippen molar-refractivity contribution in [3.8, 4) is 0 Å². The van der Waals surface area contributed by atoms with Gasteiger partial charge in [0, 0.05) is 24.3 Å². The van der Waals surface area contributed by atoms with Crippen LogP contribution in [-0.2, 0) is 25.5 Å². The fourth-order valence-electron chi connectivity index (χ4n) is 5.95. The lowest BCUT2D eigenvalue weighted by Gasteiger charge is -2.39. The molecule has 224 valence electrons. The Hall–Kier alpha value is -2.33. The Bertz CT molecular complexity index is 1040. The number of fused-ring (bicyclic) bond motifs is 1. The molecule has 0 bridgehead atoms. The zero-order valence-electron chi connectivity index (χ0n) is 25.3. The van der Waals surface area contributed by atoms with E-state index in [0.29, 0.717) is 30.9 Å². The van der Waals surface area contributed by atoms with Gasteiger partial charge >= 0.3 is 5.97 Å². The van der Waals surface area contributed by atoms with E-state index in [0.717, 1.165) is 37.1 Å². The van der Waals surface area contributed by atoms with Crippen LogP contribution < -0.4 is 5.32 Å². The molecule has 9 nitrogen and oxygen atoms in total. The predicted molar refractivity (Wildman–Crippen MR) is 156 cm³/mol. The first kappa shape index (κ1) is 32.2. The number of hydrogen-bond donors (Lipinski definition) is 1. The van der Waals surface area contributed by atoms with Crippen molar-refractivity contribution in [2.75, 3.05) is 20.3 Å². The van der Waals surface area contributed by atoms with Gasteiger partial charge in [-0.15, -0.1) is 11.3 Å². The second-order valence-electron chi connectivity index (χ2n) is 12.4. The number of nitrogens with zero attached hydrogens (tertiary/aromatic N) is 3. The van der Waals surface area contributed by atoms with E-state index >= 15 is 0 Å².